The van der Waals surface area contributed by atoms with Gasteiger partial charge in [-0.05, 0) is 45.7 Å². The van der Waals surface area contributed by atoms with Crippen LogP contribution in [0.4, 0.5) is 0 Å². The Kier molecular flexibility index (Phi) is 9.78. The highest BCUT2D eigenvalue weighted by molar-refractivity contribution is 5.48. The minimum absolute atomic E-state index is 0.725. The molecule has 0 aliphatic carbocycles. The van der Waals surface area contributed by atoms with E-state index >= 15 is 0 Å². The Morgan fingerprint density at radius 1 is 1.40 bits per heavy atom. The number of aldehydes is 1. The molecule has 0 aromatic carbocycles. The lowest BCUT2D eigenvalue weighted by Gasteiger charge is -2.28. The largest absolute Gasteiger partial charge is 0.323 e. The van der Waals surface area contributed by atoms with Gasteiger partial charge < -0.3 is 10.1 Å². The van der Waals surface area contributed by atoms with E-state index in [-0.39, 0.29) is 0 Å². The third-order valence-electron chi connectivity index (χ3n) is 2.58. The Morgan fingerprint density at radius 2 is 1.93 bits per heavy atom. The van der Waals surface area contributed by atoms with Gasteiger partial charge in [-0.2, -0.15) is 0 Å². The van der Waals surface area contributed by atoms with E-state index in [1.54, 1.807) is 0 Å². The predicted octanol–water partition coefficient (Wildman–Crippen LogP) is 0.777. The van der Waals surface area contributed by atoms with Gasteiger partial charge >= 0.3 is 0 Å². The fourth-order valence-electron chi connectivity index (χ4n) is 1.73. The van der Waals surface area contributed by atoms with Crippen molar-refractivity contribution in [3.8, 4) is 0 Å². The number of nitrogens with two attached hydrogens (primary N) is 1. The number of hydrazine groups is 1. The van der Waals surface area contributed by atoms with E-state index in [1.807, 2.05) is 19.1 Å². The molecule has 4 nitrogen and oxygen atoms in total. The van der Waals surface area contributed by atoms with Crippen LogP contribution in [0.25, 0.3) is 0 Å². The van der Waals surface area contributed by atoms with Gasteiger partial charge in [0.1, 0.15) is 6.29 Å². The number of nitrogens with one attached hydrogen (secondary N) is 1. The molecular formula is C11H25N3O. The number of hydrogen-bond donors (Lipinski definition) is 2. The lowest BCUT2D eigenvalue weighted by Crippen LogP contribution is -2.38. The molecule has 0 radical (unpaired) electrons. The van der Waals surface area contributed by atoms with Crippen LogP contribution in [0.5, 0.6) is 0 Å². The maximum absolute atomic E-state index is 10.1. The van der Waals surface area contributed by atoms with Gasteiger partial charge in [0.2, 0.25) is 0 Å². The van der Waals surface area contributed by atoms with Crippen molar-refractivity contribution in [2.75, 3.05) is 27.2 Å². The van der Waals surface area contributed by atoms with Gasteiger partial charge in [-0.15, -0.1) is 0 Å². The summed E-state index contributed by atoms with van der Waals surface area (Å²) in [7, 11) is 3.75. The van der Waals surface area contributed by atoms with Gasteiger partial charge in [0, 0.05) is 19.5 Å². The minimum Gasteiger partial charge on any atom is -0.323 e. The molecule has 0 aromatic heterocycles. The Hall–Kier alpha value is -0.450. The average molecular weight is 215 g/mol. The molecule has 1 rings (SSSR count). The fourth-order valence-corrected chi connectivity index (χ4v) is 1.73. The SMILES string of the molecule is CNC.NN1CCC(CCCC=O)CC1. The first-order chi connectivity index (χ1) is 7.24. The topological polar surface area (TPSA) is 58.4 Å². The van der Waals surface area contributed by atoms with Crippen LogP contribution in [0.15, 0.2) is 0 Å². The van der Waals surface area contributed by atoms with Gasteiger partial charge in [0.05, 0.1) is 0 Å². The molecular weight excluding hydrogens is 190 g/mol. The van der Waals surface area contributed by atoms with Gasteiger partial charge in [0.25, 0.3) is 0 Å². The fraction of sp³-hybridized carbons (Fsp3) is 0.909. The van der Waals surface area contributed by atoms with Crippen LogP contribution in [0.3, 0.4) is 0 Å². The normalized spacial score (nSPS) is 18.1. The van der Waals surface area contributed by atoms with E-state index in [2.05, 4.69) is 5.32 Å². The van der Waals surface area contributed by atoms with Crippen molar-refractivity contribution in [1.82, 2.24) is 10.3 Å². The molecule has 0 aromatic rings. The van der Waals surface area contributed by atoms with E-state index in [1.165, 1.54) is 19.3 Å². The standard InChI is InChI=1S/C9H18N2O.C2H7N/c10-11-6-4-9(5-7-11)3-1-2-8-12;1-3-2/h8-9H,1-7,10H2;3H,1-2H3. The second kappa shape index (κ2) is 10.1. The van der Waals surface area contributed by atoms with Gasteiger partial charge in [0.15, 0.2) is 0 Å². The number of unbranched alkanes of at least 4 members (excludes halogenated alkanes) is 1. The smallest absolute Gasteiger partial charge is 0.119 e. The summed E-state index contributed by atoms with van der Waals surface area (Å²) in [6, 6.07) is 0. The Morgan fingerprint density at radius 3 is 2.40 bits per heavy atom. The molecule has 3 N–H and O–H groups in total. The second-order valence-electron chi connectivity index (χ2n) is 4.08. The van der Waals surface area contributed by atoms with Crippen molar-refractivity contribution >= 4 is 6.29 Å². The highest BCUT2D eigenvalue weighted by Crippen LogP contribution is 2.20. The molecule has 1 aliphatic heterocycles. The quantitative estimate of drug-likeness (QED) is 0.413. The van der Waals surface area contributed by atoms with Crippen molar-refractivity contribution in [3.63, 3.8) is 0 Å². The maximum Gasteiger partial charge on any atom is 0.119 e. The van der Waals surface area contributed by atoms with Crippen LogP contribution < -0.4 is 11.2 Å². The zero-order valence-electron chi connectivity index (χ0n) is 10.0. The lowest BCUT2D eigenvalue weighted by atomic mass is 9.92. The highest BCUT2D eigenvalue weighted by atomic mass is 16.1. The van der Waals surface area contributed by atoms with Crippen molar-refractivity contribution < 1.29 is 4.79 Å². The molecule has 90 valence electrons. The van der Waals surface area contributed by atoms with E-state index in [0.29, 0.717) is 0 Å². The molecule has 0 amide bonds. The molecule has 1 saturated heterocycles. The van der Waals surface area contributed by atoms with Crippen LogP contribution >= 0.6 is 0 Å². The second-order valence-corrected chi connectivity index (χ2v) is 4.08. The summed E-state index contributed by atoms with van der Waals surface area (Å²) in [4.78, 5) is 10.1. The van der Waals surface area contributed by atoms with Crippen LogP contribution in [-0.2, 0) is 4.79 Å². The molecule has 15 heavy (non-hydrogen) atoms. The zero-order valence-corrected chi connectivity index (χ0v) is 10.0. The molecule has 4 heteroatoms. The van der Waals surface area contributed by atoms with E-state index < -0.39 is 0 Å². The van der Waals surface area contributed by atoms with Crippen LogP contribution in [-0.4, -0.2) is 38.5 Å². The Labute approximate surface area is 93.2 Å². The van der Waals surface area contributed by atoms with Gasteiger partial charge in [-0.25, -0.2) is 5.01 Å². The zero-order chi connectivity index (χ0) is 11.5. The summed E-state index contributed by atoms with van der Waals surface area (Å²) < 4.78 is 0. The number of hydrogen-bond acceptors (Lipinski definition) is 4. The third kappa shape index (κ3) is 8.54. The van der Waals surface area contributed by atoms with E-state index in [9.17, 15) is 4.79 Å². The first kappa shape index (κ1) is 14.6. The first-order valence-electron chi connectivity index (χ1n) is 5.76. The third-order valence-corrected chi connectivity index (χ3v) is 2.58. The Bertz CT molecular complexity index is 145. The summed E-state index contributed by atoms with van der Waals surface area (Å²) in [6.07, 6.45) is 6.40. The van der Waals surface area contributed by atoms with Crippen LogP contribution in [0, 0.1) is 5.92 Å². The van der Waals surface area contributed by atoms with E-state index in [0.717, 1.165) is 38.1 Å². The summed E-state index contributed by atoms with van der Waals surface area (Å²) in [6.45, 7) is 2.04. The van der Waals surface area contributed by atoms with E-state index in [4.69, 9.17) is 5.84 Å². The van der Waals surface area contributed by atoms with Crippen molar-refractivity contribution in [3.05, 3.63) is 0 Å². The van der Waals surface area contributed by atoms with Crippen molar-refractivity contribution in [2.24, 2.45) is 11.8 Å². The number of piperidine rings is 1. The van der Waals surface area contributed by atoms with Gasteiger partial charge in [-0.1, -0.05) is 0 Å². The monoisotopic (exact) mass is 215 g/mol. The molecule has 1 heterocycles. The molecule has 0 unspecified atom stereocenters. The number of carbonyl (C=O) groups excluding carboxylic acids is 1. The molecule has 0 bridgehead atoms. The van der Waals surface area contributed by atoms with Crippen LogP contribution in [0.2, 0.25) is 0 Å². The average Bonchev–Trinajstić information content (AvgIpc) is 2.23. The maximum atomic E-state index is 10.1. The van der Waals surface area contributed by atoms with Crippen molar-refractivity contribution in [2.45, 2.75) is 32.1 Å². The minimum atomic E-state index is 0.725. The molecule has 0 atom stereocenters. The van der Waals surface area contributed by atoms with Gasteiger partial charge in [-0.3, -0.25) is 5.84 Å². The predicted molar refractivity (Wildman–Crippen MR) is 63.4 cm³/mol. The molecule has 1 fully saturated rings. The van der Waals surface area contributed by atoms with Crippen molar-refractivity contribution in [1.29, 1.82) is 0 Å². The summed E-state index contributed by atoms with van der Waals surface area (Å²) in [5.74, 6) is 6.44. The first-order valence-corrected chi connectivity index (χ1v) is 5.76. The number of carbonyl (C=O) groups is 1. The lowest BCUT2D eigenvalue weighted by molar-refractivity contribution is -0.108. The summed E-state index contributed by atoms with van der Waals surface area (Å²) in [5.41, 5.74) is 0. The molecule has 1 aliphatic rings. The Balaban J connectivity index is 0.000000583. The number of nitrogens with zero attached hydrogens (tertiary/aromatic N) is 1. The molecule has 0 spiro atoms. The van der Waals surface area contributed by atoms with Crippen LogP contribution in [0.1, 0.15) is 32.1 Å². The summed E-state index contributed by atoms with van der Waals surface area (Å²) in [5, 5.41) is 4.64. The number of rotatable bonds is 4. The highest BCUT2D eigenvalue weighted by Gasteiger charge is 2.15. The molecule has 0 saturated carbocycles. The summed E-state index contributed by atoms with van der Waals surface area (Å²) >= 11 is 0.